The Bertz CT molecular complexity index is 164. The van der Waals surface area contributed by atoms with E-state index in [-0.39, 0.29) is 0 Å². The third kappa shape index (κ3) is 7.77. The topological polar surface area (TPSA) is 6.48 Å². The molecule has 0 radical (unpaired) electrons. The summed E-state index contributed by atoms with van der Waals surface area (Å²) in [7, 11) is 6.41. The van der Waals surface area contributed by atoms with Crippen molar-refractivity contribution in [2.75, 3.05) is 21.1 Å². The van der Waals surface area contributed by atoms with E-state index in [2.05, 4.69) is 58.6 Å². The number of hydrogen-bond acceptors (Lipinski definition) is 2. The van der Waals surface area contributed by atoms with Crippen LogP contribution in [-0.2, 0) is 0 Å². The van der Waals surface area contributed by atoms with Gasteiger partial charge in [0.2, 0.25) is 0 Å². The molecule has 0 aromatic heterocycles. The van der Waals surface area contributed by atoms with Crippen molar-refractivity contribution in [2.24, 2.45) is 0 Å². The number of nitrogens with zero attached hydrogens (tertiary/aromatic N) is 2. The Morgan fingerprint density at radius 1 is 0.765 bits per heavy atom. The molecule has 0 bridgehead atoms. The van der Waals surface area contributed by atoms with E-state index >= 15 is 0 Å². The van der Waals surface area contributed by atoms with Gasteiger partial charge in [0.15, 0.2) is 0 Å². The third-order valence-corrected chi connectivity index (χ3v) is 4.00. The van der Waals surface area contributed by atoms with Crippen molar-refractivity contribution in [3.63, 3.8) is 0 Å². The Morgan fingerprint density at radius 3 is 1.47 bits per heavy atom. The smallest absolute Gasteiger partial charge is 0.00949 e. The van der Waals surface area contributed by atoms with Gasteiger partial charge in [0.25, 0.3) is 0 Å². The zero-order valence-corrected chi connectivity index (χ0v) is 13.2. The first-order valence-electron chi connectivity index (χ1n) is 7.24. The summed E-state index contributed by atoms with van der Waals surface area (Å²) in [6.07, 6.45) is 7.20. The SMILES string of the molecule is CC(C)N(C)C.CC(C)N(C)C1CCCCC1. The lowest BCUT2D eigenvalue weighted by atomic mass is 9.94. The van der Waals surface area contributed by atoms with Gasteiger partial charge in [-0.15, -0.1) is 0 Å². The number of hydrogen-bond donors (Lipinski definition) is 0. The molecule has 1 aliphatic carbocycles. The minimum absolute atomic E-state index is 0.685. The largest absolute Gasteiger partial charge is 0.307 e. The minimum atomic E-state index is 0.685. The van der Waals surface area contributed by atoms with Crippen LogP contribution in [0.1, 0.15) is 59.8 Å². The van der Waals surface area contributed by atoms with Gasteiger partial charge in [0.1, 0.15) is 0 Å². The standard InChI is InChI=1S/C10H21N.C5H13N/c1-9(2)11(3)10-7-5-4-6-8-10;1-5(2)6(3)4/h9-10H,4-8H2,1-3H3;5H,1-4H3. The predicted octanol–water partition coefficient (Wildman–Crippen LogP) is 3.62. The highest BCUT2D eigenvalue weighted by Crippen LogP contribution is 2.22. The fraction of sp³-hybridized carbons (Fsp3) is 1.00. The molecule has 1 aliphatic rings. The van der Waals surface area contributed by atoms with Crippen molar-refractivity contribution >= 4 is 0 Å². The lowest BCUT2D eigenvalue weighted by molar-refractivity contribution is 0.155. The van der Waals surface area contributed by atoms with Crippen molar-refractivity contribution in [3.8, 4) is 0 Å². The molecule has 0 N–H and O–H groups in total. The Kier molecular flexibility index (Phi) is 8.89. The Labute approximate surface area is 109 Å². The molecular formula is C15H34N2. The summed E-state index contributed by atoms with van der Waals surface area (Å²) in [5.74, 6) is 0. The van der Waals surface area contributed by atoms with Gasteiger partial charge in [-0.2, -0.15) is 0 Å². The van der Waals surface area contributed by atoms with Crippen LogP contribution in [0.5, 0.6) is 0 Å². The van der Waals surface area contributed by atoms with Crippen molar-refractivity contribution in [3.05, 3.63) is 0 Å². The maximum Gasteiger partial charge on any atom is 0.00949 e. The van der Waals surface area contributed by atoms with Crippen LogP contribution in [0.25, 0.3) is 0 Å². The molecule has 0 atom stereocenters. The lowest BCUT2D eigenvalue weighted by Gasteiger charge is -2.33. The quantitative estimate of drug-likeness (QED) is 0.746. The monoisotopic (exact) mass is 242 g/mol. The van der Waals surface area contributed by atoms with Crippen LogP contribution < -0.4 is 0 Å². The van der Waals surface area contributed by atoms with Crippen LogP contribution >= 0.6 is 0 Å². The Morgan fingerprint density at radius 2 is 1.18 bits per heavy atom. The first-order chi connectivity index (χ1) is 7.86. The highest BCUT2D eigenvalue weighted by molar-refractivity contribution is 4.75. The van der Waals surface area contributed by atoms with E-state index in [1.165, 1.54) is 32.1 Å². The molecule has 1 saturated carbocycles. The molecule has 17 heavy (non-hydrogen) atoms. The lowest BCUT2D eigenvalue weighted by Crippen LogP contribution is -2.38. The highest BCUT2D eigenvalue weighted by atomic mass is 15.1. The predicted molar refractivity (Wildman–Crippen MR) is 78.6 cm³/mol. The van der Waals surface area contributed by atoms with Gasteiger partial charge in [-0.3, -0.25) is 0 Å². The fourth-order valence-corrected chi connectivity index (χ4v) is 1.91. The van der Waals surface area contributed by atoms with E-state index in [1.807, 2.05) is 0 Å². The molecule has 1 rings (SSSR count). The number of rotatable bonds is 3. The molecule has 104 valence electrons. The summed E-state index contributed by atoms with van der Waals surface area (Å²) >= 11 is 0. The van der Waals surface area contributed by atoms with Crippen LogP contribution in [0.4, 0.5) is 0 Å². The summed E-state index contributed by atoms with van der Waals surface area (Å²) < 4.78 is 0. The maximum atomic E-state index is 2.53. The average Bonchev–Trinajstić information content (AvgIpc) is 2.29. The van der Waals surface area contributed by atoms with Crippen LogP contribution in [0.3, 0.4) is 0 Å². The molecule has 2 heteroatoms. The van der Waals surface area contributed by atoms with Gasteiger partial charge in [0.05, 0.1) is 0 Å². The Hall–Kier alpha value is -0.0800. The van der Waals surface area contributed by atoms with Crippen LogP contribution in [0, 0.1) is 0 Å². The highest BCUT2D eigenvalue weighted by Gasteiger charge is 2.19. The normalized spacial score (nSPS) is 17.8. The third-order valence-electron chi connectivity index (χ3n) is 4.00. The van der Waals surface area contributed by atoms with Crippen molar-refractivity contribution in [1.82, 2.24) is 9.80 Å². The molecule has 0 aromatic rings. The first-order valence-corrected chi connectivity index (χ1v) is 7.24. The van der Waals surface area contributed by atoms with E-state index in [1.54, 1.807) is 0 Å². The van der Waals surface area contributed by atoms with E-state index < -0.39 is 0 Å². The second kappa shape index (κ2) is 8.93. The van der Waals surface area contributed by atoms with Gasteiger partial charge >= 0.3 is 0 Å². The van der Waals surface area contributed by atoms with Gasteiger partial charge in [0, 0.05) is 18.1 Å². The van der Waals surface area contributed by atoms with Gasteiger partial charge in [-0.05, 0) is 61.7 Å². The van der Waals surface area contributed by atoms with Crippen LogP contribution in [0.2, 0.25) is 0 Å². The van der Waals surface area contributed by atoms with E-state index in [4.69, 9.17) is 0 Å². The molecule has 0 aliphatic heterocycles. The van der Waals surface area contributed by atoms with Crippen LogP contribution in [-0.4, -0.2) is 49.1 Å². The van der Waals surface area contributed by atoms with Crippen molar-refractivity contribution in [1.29, 1.82) is 0 Å². The van der Waals surface area contributed by atoms with Crippen molar-refractivity contribution < 1.29 is 0 Å². The summed E-state index contributed by atoms with van der Waals surface area (Å²) in [6, 6.07) is 2.28. The molecule has 0 aromatic carbocycles. The first kappa shape index (κ1) is 16.9. The molecule has 1 fully saturated rings. The molecule has 0 unspecified atom stereocenters. The van der Waals surface area contributed by atoms with Crippen LogP contribution in [0.15, 0.2) is 0 Å². The summed E-state index contributed by atoms with van der Waals surface area (Å²) in [6.45, 7) is 8.91. The molecule has 0 saturated heterocycles. The van der Waals surface area contributed by atoms with E-state index in [0.717, 1.165) is 12.1 Å². The molecular weight excluding hydrogens is 208 g/mol. The average molecular weight is 242 g/mol. The molecule has 0 heterocycles. The maximum absolute atomic E-state index is 2.53. The second-order valence-corrected chi connectivity index (χ2v) is 6.11. The zero-order chi connectivity index (χ0) is 13.4. The molecule has 0 spiro atoms. The van der Waals surface area contributed by atoms with Gasteiger partial charge in [-0.25, -0.2) is 0 Å². The summed E-state index contributed by atoms with van der Waals surface area (Å²) in [5.41, 5.74) is 0. The van der Waals surface area contributed by atoms with E-state index in [9.17, 15) is 0 Å². The summed E-state index contributed by atoms with van der Waals surface area (Å²) in [5, 5.41) is 0. The van der Waals surface area contributed by atoms with Gasteiger partial charge < -0.3 is 9.80 Å². The minimum Gasteiger partial charge on any atom is -0.307 e. The van der Waals surface area contributed by atoms with E-state index in [0.29, 0.717) is 6.04 Å². The zero-order valence-electron chi connectivity index (χ0n) is 13.2. The second-order valence-electron chi connectivity index (χ2n) is 6.11. The Balaban J connectivity index is 0.000000366. The fourth-order valence-electron chi connectivity index (χ4n) is 1.91. The molecule has 0 amide bonds. The van der Waals surface area contributed by atoms with Crippen molar-refractivity contribution in [2.45, 2.75) is 77.9 Å². The molecule has 2 nitrogen and oxygen atoms in total. The van der Waals surface area contributed by atoms with Gasteiger partial charge in [-0.1, -0.05) is 19.3 Å². The summed E-state index contributed by atoms with van der Waals surface area (Å²) in [4.78, 5) is 4.69.